The summed E-state index contributed by atoms with van der Waals surface area (Å²) >= 11 is 11.7. The lowest BCUT2D eigenvalue weighted by atomic mass is 9.94. The molecule has 1 aliphatic rings. The Labute approximate surface area is 147 Å². The number of hydrogen-bond acceptors (Lipinski definition) is 3. The highest BCUT2D eigenvalue weighted by Gasteiger charge is 2.39. The Hall–Kier alpha value is -2.37. The Kier molecular flexibility index (Phi) is 4.30. The molecule has 0 saturated heterocycles. The Morgan fingerprint density at radius 1 is 1.08 bits per heavy atom. The van der Waals surface area contributed by atoms with Gasteiger partial charge >= 0.3 is 0 Å². The summed E-state index contributed by atoms with van der Waals surface area (Å²) in [5.74, 6) is -3.41. The molecule has 1 aliphatic heterocycles. The molecule has 1 heterocycles. The van der Waals surface area contributed by atoms with Crippen LogP contribution in [0.4, 0.5) is 11.4 Å². The van der Waals surface area contributed by atoms with Gasteiger partial charge in [-0.1, -0.05) is 40.9 Å². The highest BCUT2D eigenvalue weighted by atomic mass is 35.5. The molecule has 2 aromatic rings. The fourth-order valence-corrected chi connectivity index (χ4v) is 3.12. The van der Waals surface area contributed by atoms with Crippen LogP contribution in [0.2, 0.25) is 10.0 Å². The van der Waals surface area contributed by atoms with Crippen LogP contribution in [-0.2, 0) is 14.4 Å². The summed E-state index contributed by atoms with van der Waals surface area (Å²) in [7, 11) is 0. The smallest absolute Gasteiger partial charge is 0.292 e. The number of Topliss-reactive ketones (excluding diaryl/α,β-unsaturated/α-hetero) is 1. The lowest BCUT2D eigenvalue weighted by Gasteiger charge is -2.10. The molecular formula is C17H12Cl2N2O3. The number of hydrogen-bond donors (Lipinski definition) is 2. The van der Waals surface area contributed by atoms with Crippen LogP contribution in [0.5, 0.6) is 0 Å². The highest BCUT2D eigenvalue weighted by molar-refractivity contribution is 6.47. The monoisotopic (exact) mass is 362 g/mol. The lowest BCUT2D eigenvalue weighted by molar-refractivity contribution is -0.138. The summed E-state index contributed by atoms with van der Waals surface area (Å²) in [5.41, 5.74) is 2.23. The van der Waals surface area contributed by atoms with Gasteiger partial charge in [0.2, 0.25) is 11.7 Å². The van der Waals surface area contributed by atoms with Crippen molar-refractivity contribution in [2.24, 2.45) is 0 Å². The van der Waals surface area contributed by atoms with E-state index in [4.69, 9.17) is 23.2 Å². The van der Waals surface area contributed by atoms with Gasteiger partial charge in [-0.15, -0.1) is 0 Å². The first-order valence-electron chi connectivity index (χ1n) is 7.08. The van der Waals surface area contributed by atoms with Crippen LogP contribution in [0.25, 0.3) is 0 Å². The number of rotatable bonds is 3. The Morgan fingerprint density at radius 2 is 1.75 bits per heavy atom. The summed E-state index contributed by atoms with van der Waals surface area (Å²) in [6, 6.07) is 9.69. The molecule has 0 bridgehead atoms. The van der Waals surface area contributed by atoms with Crippen LogP contribution in [0.3, 0.4) is 0 Å². The largest absolute Gasteiger partial charge is 0.325 e. The summed E-state index contributed by atoms with van der Waals surface area (Å²) in [5, 5.41) is 5.69. The van der Waals surface area contributed by atoms with Gasteiger partial charge in [-0.2, -0.15) is 0 Å². The van der Waals surface area contributed by atoms with E-state index in [1.165, 1.54) is 18.2 Å². The van der Waals surface area contributed by atoms with E-state index in [9.17, 15) is 14.4 Å². The number of benzene rings is 2. The maximum atomic E-state index is 12.5. The molecule has 5 nitrogen and oxygen atoms in total. The van der Waals surface area contributed by atoms with Crippen LogP contribution >= 0.6 is 23.2 Å². The number of anilines is 2. The molecule has 24 heavy (non-hydrogen) atoms. The molecule has 0 aromatic heterocycles. The summed E-state index contributed by atoms with van der Waals surface area (Å²) in [6.07, 6.45) is 0. The maximum absolute atomic E-state index is 12.5. The second-order valence-corrected chi connectivity index (χ2v) is 6.36. The Balaban J connectivity index is 1.85. The van der Waals surface area contributed by atoms with Crippen molar-refractivity contribution in [2.75, 3.05) is 10.6 Å². The number of nitrogens with one attached hydrogen (secondary N) is 2. The molecule has 2 amide bonds. The molecule has 2 aromatic carbocycles. The molecule has 0 aliphatic carbocycles. The van der Waals surface area contributed by atoms with Crippen LogP contribution in [0.1, 0.15) is 17.0 Å². The van der Waals surface area contributed by atoms with E-state index in [2.05, 4.69) is 10.6 Å². The number of aryl methyl sites for hydroxylation is 1. The molecule has 1 atom stereocenters. The zero-order valence-corrected chi connectivity index (χ0v) is 14.0. The third kappa shape index (κ3) is 3.13. The van der Waals surface area contributed by atoms with Gasteiger partial charge in [0.25, 0.3) is 5.91 Å². The molecule has 7 heteroatoms. The number of halogens is 2. The fraction of sp³-hybridized carbons (Fsp3) is 0.118. The maximum Gasteiger partial charge on any atom is 0.292 e. The average Bonchev–Trinajstić information content (AvgIpc) is 2.80. The molecule has 2 N–H and O–H groups in total. The van der Waals surface area contributed by atoms with Crippen molar-refractivity contribution in [3.05, 3.63) is 57.6 Å². The first kappa shape index (κ1) is 16.5. The van der Waals surface area contributed by atoms with Crippen molar-refractivity contribution >= 4 is 52.2 Å². The standard InChI is InChI=1S/C17H12Cl2N2O3/c1-8-2-3-13-12(4-8)14(16(23)21-13)15(22)17(24)20-11-6-9(18)5-10(19)7-11/h2-7,14H,1H3,(H,20,24)(H,21,23). The van der Waals surface area contributed by atoms with Crippen molar-refractivity contribution in [3.8, 4) is 0 Å². The predicted molar refractivity (Wildman–Crippen MR) is 92.6 cm³/mol. The normalized spacial score (nSPS) is 15.6. The number of fused-ring (bicyclic) bond motifs is 1. The lowest BCUT2D eigenvalue weighted by Crippen LogP contribution is -2.31. The van der Waals surface area contributed by atoms with Gasteiger partial charge in [0.05, 0.1) is 0 Å². The summed E-state index contributed by atoms with van der Waals surface area (Å²) in [6.45, 7) is 1.85. The summed E-state index contributed by atoms with van der Waals surface area (Å²) < 4.78 is 0. The SMILES string of the molecule is Cc1ccc2c(c1)C(C(=O)C(=O)Nc1cc(Cl)cc(Cl)c1)C(=O)N2. The van der Waals surface area contributed by atoms with Crippen molar-refractivity contribution in [1.82, 2.24) is 0 Å². The topological polar surface area (TPSA) is 75.3 Å². The third-order valence-electron chi connectivity index (χ3n) is 3.64. The molecule has 1 unspecified atom stereocenters. The van der Waals surface area contributed by atoms with Gasteiger partial charge in [-0.25, -0.2) is 0 Å². The molecule has 0 spiro atoms. The van der Waals surface area contributed by atoms with E-state index in [0.29, 0.717) is 21.3 Å². The first-order valence-corrected chi connectivity index (χ1v) is 7.83. The number of carbonyl (C=O) groups is 3. The van der Waals surface area contributed by atoms with Crippen molar-refractivity contribution in [1.29, 1.82) is 0 Å². The van der Waals surface area contributed by atoms with Gasteiger partial charge in [-0.3, -0.25) is 14.4 Å². The Bertz CT molecular complexity index is 860. The van der Waals surface area contributed by atoms with Crippen molar-refractivity contribution in [2.45, 2.75) is 12.8 Å². The first-order chi connectivity index (χ1) is 11.3. The minimum atomic E-state index is -1.16. The quantitative estimate of drug-likeness (QED) is 0.647. The number of amides is 2. The minimum absolute atomic E-state index is 0.286. The van der Waals surface area contributed by atoms with Crippen LogP contribution < -0.4 is 10.6 Å². The van der Waals surface area contributed by atoms with E-state index in [1.807, 2.05) is 13.0 Å². The van der Waals surface area contributed by atoms with E-state index in [-0.39, 0.29) is 5.69 Å². The zero-order valence-electron chi connectivity index (χ0n) is 12.5. The highest BCUT2D eigenvalue weighted by Crippen LogP contribution is 2.34. The Morgan fingerprint density at radius 3 is 2.42 bits per heavy atom. The van der Waals surface area contributed by atoms with Crippen LogP contribution in [0.15, 0.2) is 36.4 Å². The van der Waals surface area contributed by atoms with Crippen molar-refractivity contribution < 1.29 is 14.4 Å². The molecular weight excluding hydrogens is 351 g/mol. The van der Waals surface area contributed by atoms with Gasteiger partial charge in [0.1, 0.15) is 5.92 Å². The number of ketones is 1. The van der Waals surface area contributed by atoms with Gasteiger partial charge in [0.15, 0.2) is 0 Å². The third-order valence-corrected chi connectivity index (χ3v) is 4.08. The van der Waals surface area contributed by atoms with Crippen LogP contribution in [-0.4, -0.2) is 17.6 Å². The molecule has 122 valence electrons. The second kappa shape index (κ2) is 6.26. The van der Waals surface area contributed by atoms with E-state index >= 15 is 0 Å². The number of carbonyl (C=O) groups excluding carboxylic acids is 3. The van der Waals surface area contributed by atoms with Crippen LogP contribution in [0, 0.1) is 6.92 Å². The van der Waals surface area contributed by atoms with Crippen molar-refractivity contribution in [3.63, 3.8) is 0 Å². The summed E-state index contributed by atoms with van der Waals surface area (Å²) in [4.78, 5) is 36.8. The molecule has 0 saturated carbocycles. The van der Waals surface area contributed by atoms with E-state index < -0.39 is 23.5 Å². The predicted octanol–water partition coefficient (Wildman–Crippen LogP) is 3.55. The van der Waals surface area contributed by atoms with Gasteiger partial charge in [0, 0.05) is 21.4 Å². The fourth-order valence-electron chi connectivity index (χ4n) is 2.59. The van der Waals surface area contributed by atoms with E-state index in [0.717, 1.165) is 5.56 Å². The van der Waals surface area contributed by atoms with Gasteiger partial charge in [-0.05, 0) is 36.8 Å². The average molecular weight is 363 g/mol. The second-order valence-electron chi connectivity index (χ2n) is 5.49. The van der Waals surface area contributed by atoms with E-state index in [1.54, 1.807) is 12.1 Å². The van der Waals surface area contributed by atoms with Gasteiger partial charge < -0.3 is 10.6 Å². The zero-order chi connectivity index (χ0) is 17.4. The minimum Gasteiger partial charge on any atom is -0.325 e. The molecule has 0 fully saturated rings. The molecule has 0 radical (unpaired) electrons. The molecule has 3 rings (SSSR count).